The molecule has 6 nitrogen and oxygen atoms in total. The van der Waals surface area contributed by atoms with E-state index < -0.39 is 35.3 Å². The van der Waals surface area contributed by atoms with Crippen LogP contribution in [0.4, 0.5) is 22.4 Å². The molecule has 11 heteroatoms. The van der Waals surface area contributed by atoms with Crippen molar-refractivity contribution in [3.63, 3.8) is 0 Å². The summed E-state index contributed by atoms with van der Waals surface area (Å²) in [6.45, 7) is 7.40. The van der Waals surface area contributed by atoms with Crippen LogP contribution in [0.1, 0.15) is 32.1 Å². The van der Waals surface area contributed by atoms with E-state index in [1.807, 2.05) is 20.8 Å². The molecule has 3 rings (SSSR count). The number of carbonyl (C=O) groups excluding carboxylic acids is 1. The van der Waals surface area contributed by atoms with Gasteiger partial charge in [0.15, 0.2) is 16.3 Å². The van der Waals surface area contributed by atoms with Gasteiger partial charge in [0.25, 0.3) is 0 Å². The Kier molecular flexibility index (Phi) is 5.14. The first-order valence-corrected chi connectivity index (χ1v) is 9.49. The van der Waals surface area contributed by atoms with Crippen LogP contribution in [-0.2, 0) is 0 Å². The van der Waals surface area contributed by atoms with Crippen LogP contribution in [0.15, 0.2) is 29.4 Å². The van der Waals surface area contributed by atoms with E-state index in [9.17, 15) is 22.4 Å². The normalized spacial score (nSPS) is 17.9. The first-order chi connectivity index (χ1) is 13.3. The third-order valence-electron chi connectivity index (χ3n) is 4.32. The van der Waals surface area contributed by atoms with E-state index in [2.05, 4.69) is 19.8 Å². The molecular formula is C18H19F4N3O3S. The number of halogens is 4. The Bertz CT molecular complexity index is 1010. The fraction of sp³-hybridized carbons (Fsp3) is 0.444. The number of aryl methyl sites for hydroxylation is 1. The van der Waals surface area contributed by atoms with Gasteiger partial charge in [0.1, 0.15) is 0 Å². The van der Waals surface area contributed by atoms with Gasteiger partial charge in [-0.1, -0.05) is 6.92 Å². The zero-order chi connectivity index (χ0) is 21.6. The molecule has 0 bridgehead atoms. The molecule has 2 heterocycles. The number of urea groups is 1. The summed E-state index contributed by atoms with van der Waals surface area (Å²) in [6, 6.07) is 3.03. The van der Waals surface area contributed by atoms with Gasteiger partial charge in [0.2, 0.25) is 0 Å². The molecule has 158 valence electrons. The fourth-order valence-electron chi connectivity index (χ4n) is 2.42. The number of thiazole rings is 1. The molecule has 0 spiro atoms. The zero-order valence-electron chi connectivity index (χ0n) is 16.1. The number of benzene rings is 1. The number of nitrogens with one attached hydrogen (secondary N) is 1. The van der Waals surface area contributed by atoms with E-state index in [0.29, 0.717) is 12.1 Å². The molecule has 0 unspecified atom stereocenters. The van der Waals surface area contributed by atoms with E-state index in [4.69, 9.17) is 0 Å². The molecule has 2 aromatic rings. The van der Waals surface area contributed by atoms with Crippen LogP contribution in [0.25, 0.3) is 5.69 Å². The van der Waals surface area contributed by atoms with Gasteiger partial charge in [0.05, 0.1) is 5.69 Å². The Hall–Kier alpha value is -2.56. The molecule has 0 atom stereocenters. The van der Waals surface area contributed by atoms with Crippen molar-refractivity contribution < 1.29 is 31.8 Å². The Morgan fingerprint density at radius 1 is 1.21 bits per heavy atom. The highest BCUT2D eigenvalue weighted by molar-refractivity contribution is 7.09. The summed E-state index contributed by atoms with van der Waals surface area (Å²) >= 11 is 1.20. The maximum absolute atomic E-state index is 13.5. The maximum Gasteiger partial charge on any atom is 0.507 e. The number of amides is 2. The summed E-state index contributed by atoms with van der Waals surface area (Å²) in [5, 5.41) is 2.77. The second kappa shape index (κ2) is 7.05. The Labute approximate surface area is 167 Å². The lowest BCUT2D eigenvalue weighted by molar-refractivity contribution is -0.391. The number of ether oxygens (including phenoxy) is 2. The summed E-state index contributed by atoms with van der Waals surface area (Å²) in [5.74, 6) is -1.06. The molecule has 1 aromatic carbocycles. The molecule has 0 radical (unpaired) electrons. The minimum atomic E-state index is -4.81. The summed E-state index contributed by atoms with van der Waals surface area (Å²) in [7, 11) is 0. The van der Waals surface area contributed by atoms with Crippen LogP contribution in [-0.4, -0.2) is 28.4 Å². The summed E-state index contributed by atoms with van der Waals surface area (Å²) in [5.41, 5.74) is -0.162. The molecule has 0 fully saturated rings. The molecule has 1 N–H and O–H groups in total. The van der Waals surface area contributed by atoms with Crippen molar-refractivity contribution in [2.45, 2.75) is 51.9 Å². The molecule has 0 saturated carbocycles. The highest BCUT2D eigenvalue weighted by atomic mass is 32.1. The minimum Gasteiger partial charge on any atom is -0.421 e. The average molecular weight is 433 g/mol. The van der Waals surface area contributed by atoms with E-state index in [1.165, 1.54) is 22.0 Å². The number of nitrogens with zero attached hydrogens (tertiary/aromatic N) is 2. The van der Waals surface area contributed by atoms with Crippen LogP contribution in [0.3, 0.4) is 0 Å². The van der Waals surface area contributed by atoms with E-state index >= 15 is 0 Å². The summed E-state index contributed by atoms with van der Waals surface area (Å²) < 4.78 is 63.3. The molecule has 29 heavy (non-hydrogen) atoms. The largest absolute Gasteiger partial charge is 0.507 e. The van der Waals surface area contributed by atoms with Crippen LogP contribution in [0, 0.1) is 6.92 Å². The highest BCUT2D eigenvalue weighted by Gasteiger charge is 2.65. The molecule has 0 saturated heterocycles. The van der Waals surface area contributed by atoms with Crippen LogP contribution < -0.4 is 19.6 Å². The SMILES string of the molecule is CCC(C)(C)NC(=O)/N=c1\sc(C)cn1-c1ccc2c(c1)OC(F)(F)C(F)(F)O2. The second-order valence-corrected chi connectivity index (χ2v) is 8.36. The summed E-state index contributed by atoms with van der Waals surface area (Å²) in [6.07, 6.45) is -7.26. The monoisotopic (exact) mass is 433 g/mol. The number of hydrogen-bond acceptors (Lipinski definition) is 4. The molecule has 1 aliphatic rings. The predicted molar refractivity (Wildman–Crippen MR) is 98.0 cm³/mol. The smallest absolute Gasteiger partial charge is 0.421 e. The van der Waals surface area contributed by atoms with Gasteiger partial charge in [-0.25, -0.2) is 4.79 Å². The minimum absolute atomic E-state index is 0.278. The second-order valence-electron chi connectivity index (χ2n) is 7.14. The molecular weight excluding hydrogens is 414 g/mol. The van der Waals surface area contributed by atoms with Crippen molar-refractivity contribution in [3.8, 4) is 17.2 Å². The first kappa shape index (κ1) is 21.2. The van der Waals surface area contributed by atoms with Crippen LogP contribution in [0.2, 0.25) is 0 Å². The van der Waals surface area contributed by atoms with Crippen molar-refractivity contribution in [1.82, 2.24) is 9.88 Å². The van der Waals surface area contributed by atoms with Gasteiger partial charge >= 0.3 is 18.2 Å². The zero-order valence-corrected chi connectivity index (χ0v) is 16.9. The third-order valence-corrected chi connectivity index (χ3v) is 5.21. The van der Waals surface area contributed by atoms with Gasteiger partial charge in [0, 0.05) is 22.7 Å². The predicted octanol–water partition coefficient (Wildman–Crippen LogP) is 4.60. The number of aromatic nitrogens is 1. The van der Waals surface area contributed by atoms with Crippen molar-refractivity contribution in [2.75, 3.05) is 0 Å². The van der Waals surface area contributed by atoms with Crippen LogP contribution >= 0.6 is 11.3 Å². The van der Waals surface area contributed by atoms with Gasteiger partial charge in [-0.2, -0.15) is 22.6 Å². The topological polar surface area (TPSA) is 64.9 Å². The number of fused-ring (bicyclic) bond motifs is 1. The van der Waals surface area contributed by atoms with Crippen molar-refractivity contribution in [1.29, 1.82) is 0 Å². The number of rotatable bonds is 3. The lowest BCUT2D eigenvalue weighted by atomic mass is 10.0. The van der Waals surface area contributed by atoms with Crippen molar-refractivity contribution in [3.05, 3.63) is 34.1 Å². The Balaban J connectivity index is 2.00. The highest BCUT2D eigenvalue weighted by Crippen LogP contribution is 2.47. The van der Waals surface area contributed by atoms with Gasteiger partial charge in [-0.05, 0) is 39.3 Å². The standard InChI is InChI=1S/C18H19F4N3O3S/c1-5-16(3,4)24-14(26)23-15-25(9-10(2)29-15)11-6-7-12-13(8-11)28-18(21,22)17(19,20)27-12/h6-9H,5H2,1-4H3,(H,24,26)/b23-15-. The lowest BCUT2D eigenvalue weighted by Gasteiger charge is -2.31. The molecule has 0 aliphatic carbocycles. The maximum atomic E-state index is 13.5. The van der Waals surface area contributed by atoms with Gasteiger partial charge < -0.3 is 14.8 Å². The number of carbonyl (C=O) groups is 1. The third kappa shape index (κ3) is 4.24. The molecule has 2 amide bonds. The quantitative estimate of drug-likeness (QED) is 0.720. The molecule has 1 aromatic heterocycles. The fourth-order valence-corrected chi connectivity index (χ4v) is 3.25. The van der Waals surface area contributed by atoms with E-state index in [1.54, 1.807) is 13.1 Å². The number of alkyl halides is 4. The average Bonchev–Trinajstić information content (AvgIpc) is 2.94. The Morgan fingerprint density at radius 2 is 1.83 bits per heavy atom. The van der Waals surface area contributed by atoms with Crippen molar-refractivity contribution in [2.24, 2.45) is 4.99 Å². The first-order valence-electron chi connectivity index (χ1n) is 8.67. The van der Waals surface area contributed by atoms with E-state index in [0.717, 1.165) is 17.0 Å². The van der Waals surface area contributed by atoms with Crippen molar-refractivity contribution >= 4 is 17.4 Å². The summed E-state index contributed by atoms with van der Waals surface area (Å²) in [4.78, 5) is 17.4. The van der Waals surface area contributed by atoms with Crippen LogP contribution in [0.5, 0.6) is 11.5 Å². The Morgan fingerprint density at radius 3 is 2.45 bits per heavy atom. The lowest BCUT2D eigenvalue weighted by Crippen LogP contribution is -2.52. The number of hydrogen-bond donors (Lipinski definition) is 1. The van der Waals surface area contributed by atoms with E-state index in [-0.39, 0.29) is 4.80 Å². The van der Waals surface area contributed by atoms with Gasteiger partial charge in [-0.15, -0.1) is 11.3 Å². The van der Waals surface area contributed by atoms with Gasteiger partial charge in [-0.3, -0.25) is 4.57 Å². The molecule has 1 aliphatic heterocycles.